The molecule has 2 aliphatic heterocycles. The zero-order chi connectivity index (χ0) is 18.9. The van der Waals surface area contributed by atoms with Gasteiger partial charge in [-0.05, 0) is 82.9 Å². The van der Waals surface area contributed by atoms with Crippen molar-refractivity contribution in [2.24, 2.45) is 11.3 Å². The molecule has 148 valence electrons. The van der Waals surface area contributed by atoms with Crippen molar-refractivity contribution >= 4 is 12.0 Å². The van der Waals surface area contributed by atoms with Gasteiger partial charge in [-0.1, -0.05) is 5.57 Å². The Morgan fingerprint density at radius 3 is 2.78 bits per heavy atom. The number of hydrogen-bond acceptors (Lipinski definition) is 4. The summed E-state index contributed by atoms with van der Waals surface area (Å²) >= 11 is 0. The Morgan fingerprint density at radius 1 is 1.22 bits per heavy atom. The van der Waals surface area contributed by atoms with Gasteiger partial charge in [0, 0.05) is 32.1 Å². The third kappa shape index (κ3) is 4.30. The van der Waals surface area contributed by atoms with Crippen LogP contribution in [0.5, 0.6) is 0 Å². The van der Waals surface area contributed by atoms with Crippen LogP contribution in [0, 0.1) is 11.3 Å². The van der Waals surface area contributed by atoms with Crippen molar-refractivity contribution in [2.75, 3.05) is 52.9 Å². The molecule has 5 heteroatoms. The number of rotatable bonds is 4. The van der Waals surface area contributed by atoms with E-state index in [1.807, 2.05) is 12.1 Å². The molecule has 2 saturated heterocycles. The number of amides is 1. The Morgan fingerprint density at radius 2 is 2.04 bits per heavy atom. The summed E-state index contributed by atoms with van der Waals surface area (Å²) in [6.07, 6.45) is 8.42. The molecule has 1 aromatic heterocycles. The van der Waals surface area contributed by atoms with Gasteiger partial charge in [-0.3, -0.25) is 9.69 Å². The lowest BCUT2D eigenvalue weighted by atomic mass is 9.90. The number of likely N-dealkylation sites (N-methyl/N-ethyl adjacent to an activating group) is 1. The van der Waals surface area contributed by atoms with E-state index in [4.69, 9.17) is 4.42 Å². The number of carbonyl (C=O) groups is 1. The van der Waals surface area contributed by atoms with E-state index < -0.39 is 0 Å². The molecule has 0 radical (unpaired) electrons. The Kier molecular flexibility index (Phi) is 5.42. The summed E-state index contributed by atoms with van der Waals surface area (Å²) < 4.78 is 5.41. The minimum Gasteiger partial charge on any atom is -0.465 e. The SMILES string of the molecule is C/C(=C\c1ccco1)CN1CCC2(CC1)CC2C(=O)N1CCCN(C)CC1. The average molecular weight is 372 g/mol. The summed E-state index contributed by atoms with van der Waals surface area (Å²) in [4.78, 5) is 20.0. The van der Waals surface area contributed by atoms with Crippen LogP contribution >= 0.6 is 0 Å². The molecule has 1 aromatic rings. The molecule has 0 N–H and O–H groups in total. The molecule has 1 unspecified atom stereocenters. The minimum absolute atomic E-state index is 0.294. The third-order valence-corrected chi connectivity index (χ3v) is 6.78. The molecular formula is C22H33N3O2. The summed E-state index contributed by atoms with van der Waals surface area (Å²) in [7, 11) is 2.16. The number of piperidine rings is 1. The Hall–Kier alpha value is -1.59. The second kappa shape index (κ2) is 7.80. The maximum absolute atomic E-state index is 13.0. The van der Waals surface area contributed by atoms with Crippen molar-refractivity contribution in [1.82, 2.24) is 14.7 Å². The standard InChI is InChI=1S/C22H33N3O2/c1-18(15-19-5-3-14-27-19)17-24-10-6-22(7-11-24)16-20(22)21(26)25-9-4-8-23(2)12-13-25/h3,5,14-15,20H,4,6-13,16-17H2,1-2H3/b18-15+. The van der Waals surface area contributed by atoms with Crippen LogP contribution in [0.2, 0.25) is 0 Å². The summed E-state index contributed by atoms with van der Waals surface area (Å²) in [5.41, 5.74) is 1.64. The number of carbonyl (C=O) groups excluding carboxylic acids is 1. The first-order chi connectivity index (χ1) is 13.1. The van der Waals surface area contributed by atoms with E-state index in [0.717, 1.165) is 64.4 Å². The van der Waals surface area contributed by atoms with Crippen molar-refractivity contribution in [2.45, 2.75) is 32.6 Å². The van der Waals surface area contributed by atoms with Crippen LogP contribution in [0.1, 0.15) is 38.4 Å². The lowest BCUT2D eigenvalue weighted by molar-refractivity contribution is -0.133. The molecule has 1 amide bonds. The van der Waals surface area contributed by atoms with Gasteiger partial charge >= 0.3 is 0 Å². The molecule has 1 atom stereocenters. The fraction of sp³-hybridized carbons (Fsp3) is 0.682. The maximum Gasteiger partial charge on any atom is 0.226 e. The highest BCUT2D eigenvalue weighted by atomic mass is 16.3. The molecule has 0 aromatic carbocycles. The highest BCUT2D eigenvalue weighted by Crippen LogP contribution is 2.60. The van der Waals surface area contributed by atoms with Crippen molar-refractivity contribution in [3.63, 3.8) is 0 Å². The van der Waals surface area contributed by atoms with Gasteiger partial charge in [0.25, 0.3) is 0 Å². The first-order valence-corrected chi connectivity index (χ1v) is 10.5. The highest BCUT2D eigenvalue weighted by molar-refractivity contribution is 5.82. The molecule has 3 heterocycles. The van der Waals surface area contributed by atoms with Gasteiger partial charge in [0.05, 0.1) is 6.26 Å². The molecule has 27 heavy (non-hydrogen) atoms. The van der Waals surface area contributed by atoms with E-state index in [9.17, 15) is 4.79 Å². The number of furan rings is 1. The quantitative estimate of drug-likeness (QED) is 0.816. The first-order valence-electron chi connectivity index (χ1n) is 10.5. The van der Waals surface area contributed by atoms with Crippen LogP contribution in [-0.4, -0.2) is 73.5 Å². The second-order valence-corrected chi connectivity index (χ2v) is 8.88. The Bertz CT molecular complexity index is 674. The van der Waals surface area contributed by atoms with Crippen LogP contribution in [-0.2, 0) is 4.79 Å². The molecule has 1 aliphatic carbocycles. The third-order valence-electron chi connectivity index (χ3n) is 6.78. The van der Waals surface area contributed by atoms with Crippen molar-refractivity contribution in [3.8, 4) is 0 Å². The molecule has 0 bridgehead atoms. The summed E-state index contributed by atoms with van der Waals surface area (Å²) in [5, 5.41) is 0. The molecule has 3 aliphatic rings. The summed E-state index contributed by atoms with van der Waals surface area (Å²) in [6.45, 7) is 9.36. The van der Waals surface area contributed by atoms with Crippen LogP contribution in [0.15, 0.2) is 28.4 Å². The molecule has 5 nitrogen and oxygen atoms in total. The molecule has 3 fully saturated rings. The fourth-order valence-corrected chi connectivity index (χ4v) is 4.91. The van der Waals surface area contributed by atoms with Gasteiger partial charge in [-0.25, -0.2) is 0 Å². The lowest BCUT2D eigenvalue weighted by Gasteiger charge is -2.33. The number of nitrogens with zero attached hydrogens (tertiary/aromatic N) is 3. The summed E-state index contributed by atoms with van der Waals surface area (Å²) in [6, 6.07) is 3.92. The van der Waals surface area contributed by atoms with Gasteiger partial charge in [-0.2, -0.15) is 0 Å². The Labute approximate surface area is 163 Å². The molecular weight excluding hydrogens is 338 g/mol. The normalized spacial score (nSPS) is 27.0. The fourth-order valence-electron chi connectivity index (χ4n) is 4.91. The first kappa shape index (κ1) is 18.8. The monoisotopic (exact) mass is 371 g/mol. The van der Waals surface area contributed by atoms with Gasteiger partial charge in [0.1, 0.15) is 5.76 Å². The van der Waals surface area contributed by atoms with Gasteiger partial charge in [-0.15, -0.1) is 0 Å². The maximum atomic E-state index is 13.0. The zero-order valence-electron chi connectivity index (χ0n) is 16.8. The van der Waals surface area contributed by atoms with Gasteiger partial charge in [0.2, 0.25) is 5.91 Å². The minimum atomic E-state index is 0.294. The Balaban J connectivity index is 1.26. The largest absolute Gasteiger partial charge is 0.465 e. The topological polar surface area (TPSA) is 39.9 Å². The van der Waals surface area contributed by atoms with Gasteiger partial charge in [0.15, 0.2) is 0 Å². The van der Waals surface area contributed by atoms with Gasteiger partial charge < -0.3 is 14.2 Å². The van der Waals surface area contributed by atoms with Crippen molar-refractivity contribution in [1.29, 1.82) is 0 Å². The zero-order valence-corrected chi connectivity index (χ0v) is 16.8. The molecule has 1 saturated carbocycles. The van der Waals surface area contributed by atoms with Crippen LogP contribution < -0.4 is 0 Å². The van der Waals surface area contributed by atoms with E-state index in [1.165, 1.54) is 18.4 Å². The van der Waals surface area contributed by atoms with E-state index in [-0.39, 0.29) is 0 Å². The highest BCUT2D eigenvalue weighted by Gasteiger charge is 2.59. The smallest absolute Gasteiger partial charge is 0.226 e. The molecule has 4 rings (SSSR count). The predicted octanol–water partition coefficient (Wildman–Crippen LogP) is 2.95. The predicted molar refractivity (Wildman–Crippen MR) is 107 cm³/mol. The lowest BCUT2D eigenvalue weighted by Crippen LogP contribution is -2.40. The number of hydrogen-bond donors (Lipinski definition) is 0. The van der Waals surface area contributed by atoms with Crippen LogP contribution in [0.25, 0.3) is 6.08 Å². The van der Waals surface area contributed by atoms with E-state index in [2.05, 4.69) is 34.7 Å². The average Bonchev–Trinajstić information content (AvgIpc) is 3.20. The number of likely N-dealkylation sites (tertiary alicyclic amines) is 1. The van der Waals surface area contributed by atoms with Crippen LogP contribution in [0.3, 0.4) is 0 Å². The van der Waals surface area contributed by atoms with Crippen molar-refractivity contribution < 1.29 is 9.21 Å². The van der Waals surface area contributed by atoms with E-state index in [1.54, 1.807) is 6.26 Å². The van der Waals surface area contributed by atoms with Crippen molar-refractivity contribution in [3.05, 3.63) is 29.7 Å². The second-order valence-electron chi connectivity index (χ2n) is 8.88. The van der Waals surface area contributed by atoms with E-state index >= 15 is 0 Å². The van der Waals surface area contributed by atoms with Crippen LogP contribution in [0.4, 0.5) is 0 Å². The van der Waals surface area contributed by atoms with E-state index in [0.29, 0.717) is 17.2 Å². The molecule has 1 spiro atoms. The summed E-state index contributed by atoms with van der Waals surface area (Å²) in [5.74, 6) is 1.66.